The average Bonchev–Trinajstić information content (AvgIpc) is 3.09. The third kappa shape index (κ3) is 4.37. The summed E-state index contributed by atoms with van der Waals surface area (Å²) in [6.45, 7) is 3.30. The maximum Gasteiger partial charge on any atom is 0.393 e. The monoisotopic (exact) mass is 377 g/mol. The highest BCUT2D eigenvalue weighted by molar-refractivity contribution is 5.56. The van der Waals surface area contributed by atoms with Gasteiger partial charge in [0.1, 0.15) is 5.82 Å². The van der Waals surface area contributed by atoms with Gasteiger partial charge in [-0.2, -0.15) is 13.2 Å². The fraction of sp³-hybridized carbons (Fsp3) is 0.571. The highest BCUT2D eigenvalue weighted by atomic mass is 19.4. The Bertz CT molecular complexity index is 766. The molecule has 0 radical (unpaired) electrons. The topological polar surface area (TPSA) is 21.1 Å². The molecular weight excluding hydrogens is 351 g/mol. The second-order valence-electron chi connectivity index (χ2n) is 7.90. The van der Waals surface area contributed by atoms with Crippen LogP contribution in [0.1, 0.15) is 37.7 Å². The average molecular weight is 377 g/mol. The molecule has 2 atom stereocenters. The molecule has 2 fully saturated rings. The van der Waals surface area contributed by atoms with E-state index in [2.05, 4.69) is 14.5 Å². The van der Waals surface area contributed by atoms with Crippen LogP contribution in [0.4, 0.5) is 13.2 Å². The molecule has 27 heavy (non-hydrogen) atoms. The molecule has 0 N–H and O–H groups in total. The summed E-state index contributed by atoms with van der Waals surface area (Å²) in [6.07, 6.45) is 4.93. The van der Waals surface area contributed by atoms with Crippen LogP contribution in [0.2, 0.25) is 0 Å². The minimum absolute atomic E-state index is 0.283. The van der Waals surface area contributed by atoms with Gasteiger partial charge >= 0.3 is 6.18 Å². The molecule has 4 rings (SSSR count). The molecule has 2 aromatic rings. The largest absolute Gasteiger partial charge is 0.393 e. The van der Waals surface area contributed by atoms with E-state index >= 15 is 0 Å². The van der Waals surface area contributed by atoms with E-state index in [9.17, 15) is 13.2 Å². The maximum absolute atomic E-state index is 12.7. The van der Waals surface area contributed by atoms with Gasteiger partial charge in [0.15, 0.2) is 0 Å². The minimum atomic E-state index is -4.19. The smallest absolute Gasteiger partial charge is 0.331 e. The third-order valence-electron chi connectivity index (χ3n) is 5.97. The first-order valence-corrected chi connectivity index (χ1v) is 9.91. The molecule has 0 spiro atoms. The zero-order valence-electron chi connectivity index (χ0n) is 15.5. The first-order valence-electron chi connectivity index (χ1n) is 9.91. The molecule has 0 aliphatic carbocycles. The molecule has 2 aliphatic heterocycles. The lowest BCUT2D eigenvalue weighted by atomic mass is 9.83. The van der Waals surface area contributed by atoms with Gasteiger partial charge in [-0.15, -0.1) is 0 Å². The van der Waals surface area contributed by atoms with Crippen LogP contribution in [0, 0.1) is 5.92 Å². The van der Waals surface area contributed by atoms with Crippen molar-refractivity contribution in [2.75, 3.05) is 13.1 Å². The third-order valence-corrected chi connectivity index (χ3v) is 5.97. The summed E-state index contributed by atoms with van der Waals surface area (Å²) < 4.78 is 40.3. The van der Waals surface area contributed by atoms with Gasteiger partial charge in [-0.3, -0.25) is 0 Å². The molecule has 0 bridgehead atoms. The van der Waals surface area contributed by atoms with Crippen LogP contribution in [-0.2, 0) is 13.0 Å². The van der Waals surface area contributed by atoms with E-state index < -0.39 is 12.6 Å². The summed E-state index contributed by atoms with van der Waals surface area (Å²) in [5.41, 5.74) is 1.05. The van der Waals surface area contributed by atoms with Crippen molar-refractivity contribution in [3.8, 4) is 11.4 Å². The number of piperidine rings is 2. The van der Waals surface area contributed by atoms with Crippen LogP contribution in [0.5, 0.6) is 0 Å². The number of fused-ring (bicyclic) bond motifs is 1. The second-order valence-corrected chi connectivity index (χ2v) is 7.90. The highest BCUT2D eigenvalue weighted by Gasteiger charge is 2.33. The zero-order chi connectivity index (χ0) is 18.9. The number of rotatable bonds is 4. The fourth-order valence-corrected chi connectivity index (χ4v) is 4.81. The summed E-state index contributed by atoms with van der Waals surface area (Å²) >= 11 is 0. The van der Waals surface area contributed by atoms with Crippen molar-refractivity contribution in [3.05, 3.63) is 42.2 Å². The van der Waals surface area contributed by atoms with Gasteiger partial charge in [-0.25, -0.2) is 4.98 Å². The first kappa shape index (κ1) is 18.5. The van der Waals surface area contributed by atoms with Gasteiger partial charge in [0.2, 0.25) is 0 Å². The SMILES string of the molecule is FC(F)(F)Cc1cccc(-c2nccn2C[C@@H]2CCCN3CCCC[C@H]23)c1. The van der Waals surface area contributed by atoms with Crippen LogP contribution < -0.4 is 0 Å². The van der Waals surface area contributed by atoms with Crippen LogP contribution in [0.25, 0.3) is 11.4 Å². The molecule has 3 heterocycles. The lowest BCUT2D eigenvalue weighted by Gasteiger charge is -2.44. The van der Waals surface area contributed by atoms with Gasteiger partial charge in [-0.05, 0) is 56.3 Å². The van der Waals surface area contributed by atoms with E-state index in [1.165, 1.54) is 51.3 Å². The molecule has 1 aromatic carbocycles. The summed E-state index contributed by atoms with van der Waals surface area (Å²) in [5.74, 6) is 1.36. The Balaban J connectivity index is 1.54. The number of alkyl halides is 3. The standard InChI is InChI=1S/C21H26F3N3/c22-21(23,24)14-16-5-3-6-17(13-16)20-25-9-12-27(20)15-18-7-4-11-26-10-2-1-8-19(18)26/h3,5-6,9,12-13,18-19H,1-2,4,7-8,10-11,14-15H2/t18-,19+/m0/s1. The van der Waals surface area contributed by atoms with E-state index in [4.69, 9.17) is 0 Å². The summed E-state index contributed by atoms with van der Waals surface area (Å²) in [4.78, 5) is 7.10. The lowest BCUT2D eigenvalue weighted by Crippen LogP contribution is -2.49. The van der Waals surface area contributed by atoms with E-state index in [-0.39, 0.29) is 5.56 Å². The van der Waals surface area contributed by atoms with Crippen molar-refractivity contribution < 1.29 is 13.2 Å². The molecule has 146 valence electrons. The lowest BCUT2D eigenvalue weighted by molar-refractivity contribution is -0.127. The molecule has 6 heteroatoms. The molecule has 2 saturated heterocycles. The van der Waals surface area contributed by atoms with Gasteiger partial charge in [0, 0.05) is 30.5 Å². The molecule has 0 unspecified atom stereocenters. The Labute approximate surface area is 158 Å². The van der Waals surface area contributed by atoms with Crippen molar-refractivity contribution in [3.63, 3.8) is 0 Å². The first-order chi connectivity index (χ1) is 13.0. The number of imidazole rings is 1. The van der Waals surface area contributed by atoms with Crippen molar-refractivity contribution in [1.82, 2.24) is 14.5 Å². The van der Waals surface area contributed by atoms with E-state index in [1.54, 1.807) is 18.3 Å². The Hall–Kier alpha value is -1.82. The summed E-state index contributed by atoms with van der Waals surface area (Å²) in [5, 5.41) is 0. The van der Waals surface area contributed by atoms with Crippen LogP contribution >= 0.6 is 0 Å². The Kier molecular flexibility index (Phi) is 5.26. The number of hydrogen-bond acceptors (Lipinski definition) is 2. The minimum Gasteiger partial charge on any atom is -0.331 e. The predicted octanol–water partition coefficient (Wildman–Crippen LogP) is 4.92. The quantitative estimate of drug-likeness (QED) is 0.754. The van der Waals surface area contributed by atoms with Crippen molar-refractivity contribution >= 4 is 0 Å². The van der Waals surface area contributed by atoms with Crippen molar-refractivity contribution in [1.29, 1.82) is 0 Å². The zero-order valence-corrected chi connectivity index (χ0v) is 15.5. The molecule has 0 saturated carbocycles. The number of hydrogen-bond donors (Lipinski definition) is 0. The van der Waals surface area contributed by atoms with Crippen molar-refractivity contribution in [2.24, 2.45) is 5.92 Å². The van der Waals surface area contributed by atoms with E-state index in [1.807, 2.05) is 12.3 Å². The summed E-state index contributed by atoms with van der Waals surface area (Å²) in [7, 11) is 0. The van der Waals surface area contributed by atoms with Crippen LogP contribution in [0.3, 0.4) is 0 Å². The van der Waals surface area contributed by atoms with Gasteiger partial charge in [0.05, 0.1) is 6.42 Å². The number of aromatic nitrogens is 2. The normalized spacial score (nSPS) is 24.0. The second kappa shape index (κ2) is 7.66. The van der Waals surface area contributed by atoms with Gasteiger partial charge in [0.25, 0.3) is 0 Å². The van der Waals surface area contributed by atoms with E-state index in [0.29, 0.717) is 12.0 Å². The van der Waals surface area contributed by atoms with E-state index in [0.717, 1.165) is 17.9 Å². The maximum atomic E-state index is 12.7. The van der Waals surface area contributed by atoms with Gasteiger partial charge in [-0.1, -0.05) is 24.6 Å². The Morgan fingerprint density at radius 2 is 1.93 bits per heavy atom. The highest BCUT2D eigenvalue weighted by Crippen LogP contribution is 2.33. The fourth-order valence-electron chi connectivity index (χ4n) is 4.81. The molecule has 0 amide bonds. The molecule has 1 aromatic heterocycles. The van der Waals surface area contributed by atoms with Crippen LogP contribution in [0.15, 0.2) is 36.7 Å². The van der Waals surface area contributed by atoms with Gasteiger partial charge < -0.3 is 9.47 Å². The number of benzene rings is 1. The predicted molar refractivity (Wildman–Crippen MR) is 99.4 cm³/mol. The number of nitrogens with zero attached hydrogens (tertiary/aromatic N) is 3. The Morgan fingerprint density at radius 3 is 2.78 bits per heavy atom. The molecule has 3 nitrogen and oxygen atoms in total. The van der Waals surface area contributed by atoms with Crippen LogP contribution in [-0.4, -0.2) is 39.8 Å². The molecule has 2 aliphatic rings. The molecular formula is C21H26F3N3. The summed E-state index contributed by atoms with van der Waals surface area (Å²) in [6, 6.07) is 7.34. The number of halogens is 3. The van der Waals surface area contributed by atoms with Crippen molar-refractivity contribution in [2.45, 2.75) is 57.3 Å². The Morgan fingerprint density at radius 1 is 1.07 bits per heavy atom.